The zero-order valence-corrected chi connectivity index (χ0v) is 21.0. The van der Waals surface area contributed by atoms with Crippen LogP contribution in [0.4, 0.5) is 4.39 Å². The fourth-order valence-corrected chi connectivity index (χ4v) is 4.24. The number of pyridine rings is 1. The van der Waals surface area contributed by atoms with Crippen molar-refractivity contribution in [3.05, 3.63) is 90.2 Å². The zero-order chi connectivity index (χ0) is 26.6. The number of fused-ring (bicyclic) bond motifs is 1. The van der Waals surface area contributed by atoms with E-state index in [9.17, 15) is 4.79 Å². The van der Waals surface area contributed by atoms with Gasteiger partial charge in [-0.1, -0.05) is 13.0 Å². The molecule has 38 heavy (non-hydrogen) atoms. The Bertz CT molecular complexity index is 1620. The summed E-state index contributed by atoms with van der Waals surface area (Å²) in [6, 6.07) is 9.59. The summed E-state index contributed by atoms with van der Waals surface area (Å²) in [6.45, 7) is 1.94. The second kappa shape index (κ2) is 10.6. The van der Waals surface area contributed by atoms with Crippen LogP contribution in [-0.2, 0) is 12.8 Å². The minimum atomic E-state index is -0.589. The molecule has 0 bridgehead atoms. The first-order valence-corrected chi connectivity index (χ1v) is 11.8. The summed E-state index contributed by atoms with van der Waals surface area (Å²) in [5.74, 6) is 0.700. The van der Waals surface area contributed by atoms with Crippen molar-refractivity contribution >= 4 is 16.7 Å². The molecule has 0 aliphatic carbocycles. The minimum Gasteiger partial charge on any atom is -0.493 e. The van der Waals surface area contributed by atoms with E-state index in [0.29, 0.717) is 51.4 Å². The largest absolute Gasteiger partial charge is 0.493 e. The average molecular weight is 514 g/mol. The predicted octanol–water partition coefficient (Wildman–Crippen LogP) is 5.15. The maximum atomic E-state index is 15.1. The molecule has 0 N–H and O–H groups in total. The molecule has 0 saturated heterocycles. The second-order valence-electron chi connectivity index (χ2n) is 8.37. The van der Waals surface area contributed by atoms with Crippen LogP contribution in [0, 0.1) is 5.82 Å². The van der Waals surface area contributed by atoms with Gasteiger partial charge in [-0.3, -0.25) is 9.78 Å². The van der Waals surface area contributed by atoms with Gasteiger partial charge in [0.15, 0.2) is 28.8 Å². The van der Waals surface area contributed by atoms with Crippen LogP contribution in [0.3, 0.4) is 0 Å². The minimum absolute atomic E-state index is 0.0103. The number of ketones is 1. The molecule has 0 unspecified atom stereocenters. The highest BCUT2D eigenvalue weighted by Crippen LogP contribution is 2.37. The van der Waals surface area contributed by atoms with Crippen molar-refractivity contribution in [2.24, 2.45) is 0 Å². The van der Waals surface area contributed by atoms with Crippen LogP contribution in [0.25, 0.3) is 16.6 Å². The Balaban J connectivity index is 1.38. The smallest absolute Gasteiger partial charge is 0.170 e. The molecular formula is C28H24FN5O4. The lowest BCUT2D eigenvalue weighted by Crippen LogP contribution is -2.09. The SMILES string of the molecule is CCc1c(C(=O)Cc2ccc(Oc3ccnc4cc(OC)c(OC)cc34)c(F)c2)cnn1-c1cncnc1. The monoisotopic (exact) mass is 513 g/mol. The number of hydrogen-bond donors (Lipinski definition) is 0. The fourth-order valence-electron chi connectivity index (χ4n) is 4.24. The van der Waals surface area contributed by atoms with Gasteiger partial charge < -0.3 is 14.2 Å². The van der Waals surface area contributed by atoms with Crippen LogP contribution in [0.5, 0.6) is 23.0 Å². The van der Waals surface area contributed by atoms with E-state index in [1.165, 1.54) is 31.8 Å². The number of Topliss-reactive ketones (excluding diaryl/α,β-unsaturated/α-hetero) is 1. The van der Waals surface area contributed by atoms with E-state index in [2.05, 4.69) is 20.1 Å². The van der Waals surface area contributed by atoms with Crippen molar-refractivity contribution in [1.29, 1.82) is 0 Å². The highest BCUT2D eigenvalue weighted by atomic mass is 19.1. The molecule has 0 saturated carbocycles. The Morgan fingerprint density at radius 2 is 1.71 bits per heavy atom. The second-order valence-corrected chi connectivity index (χ2v) is 8.37. The maximum absolute atomic E-state index is 15.1. The van der Waals surface area contributed by atoms with Crippen molar-refractivity contribution in [3.63, 3.8) is 0 Å². The third-order valence-corrected chi connectivity index (χ3v) is 6.08. The third kappa shape index (κ3) is 4.75. The molecule has 9 nitrogen and oxygen atoms in total. The summed E-state index contributed by atoms with van der Waals surface area (Å²) in [5, 5.41) is 4.98. The summed E-state index contributed by atoms with van der Waals surface area (Å²) in [7, 11) is 3.07. The first-order chi connectivity index (χ1) is 18.5. The normalized spacial score (nSPS) is 10.9. The van der Waals surface area contributed by atoms with Crippen molar-refractivity contribution < 1.29 is 23.4 Å². The number of methoxy groups -OCH3 is 2. The lowest BCUT2D eigenvalue weighted by molar-refractivity contribution is 0.0992. The number of benzene rings is 2. The molecule has 0 aliphatic rings. The van der Waals surface area contributed by atoms with Gasteiger partial charge in [0.25, 0.3) is 0 Å². The molecule has 192 valence electrons. The van der Waals surface area contributed by atoms with Gasteiger partial charge in [-0.25, -0.2) is 19.0 Å². The van der Waals surface area contributed by atoms with Crippen molar-refractivity contribution in [1.82, 2.24) is 24.7 Å². The number of carbonyl (C=O) groups is 1. The molecule has 0 spiro atoms. The van der Waals surface area contributed by atoms with E-state index in [-0.39, 0.29) is 18.0 Å². The molecule has 5 rings (SSSR count). The van der Waals surface area contributed by atoms with E-state index < -0.39 is 5.82 Å². The fraction of sp³-hybridized carbons (Fsp3) is 0.179. The van der Waals surface area contributed by atoms with E-state index in [4.69, 9.17) is 14.2 Å². The summed E-state index contributed by atoms with van der Waals surface area (Å²) in [5.41, 5.74) is 3.00. The first kappa shape index (κ1) is 24.8. The molecule has 0 radical (unpaired) electrons. The Kier molecular flexibility index (Phi) is 6.94. The molecular weight excluding hydrogens is 489 g/mol. The van der Waals surface area contributed by atoms with E-state index >= 15 is 4.39 Å². The van der Waals surface area contributed by atoms with Crippen LogP contribution >= 0.6 is 0 Å². The third-order valence-electron chi connectivity index (χ3n) is 6.08. The number of aromatic nitrogens is 5. The molecule has 3 aromatic heterocycles. The Hall–Kier alpha value is -4.86. The molecule has 0 aliphatic heterocycles. The molecule has 2 aromatic carbocycles. The lowest BCUT2D eigenvalue weighted by Gasteiger charge is -2.13. The van der Waals surface area contributed by atoms with Crippen molar-refractivity contribution in [2.75, 3.05) is 14.2 Å². The molecule has 3 heterocycles. The number of nitrogens with zero attached hydrogens (tertiary/aromatic N) is 5. The topological polar surface area (TPSA) is 101 Å². The molecule has 5 aromatic rings. The van der Waals surface area contributed by atoms with Crippen LogP contribution < -0.4 is 14.2 Å². The van der Waals surface area contributed by atoms with Gasteiger partial charge >= 0.3 is 0 Å². The first-order valence-electron chi connectivity index (χ1n) is 11.8. The predicted molar refractivity (Wildman–Crippen MR) is 138 cm³/mol. The Labute approximate surface area is 217 Å². The highest BCUT2D eigenvalue weighted by Gasteiger charge is 2.19. The van der Waals surface area contributed by atoms with Gasteiger partial charge in [0.2, 0.25) is 0 Å². The lowest BCUT2D eigenvalue weighted by atomic mass is 10.0. The average Bonchev–Trinajstić information content (AvgIpc) is 3.39. The van der Waals surface area contributed by atoms with Gasteiger partial charge in [0, 0.05) is 24.1 Å². The van der Waals surface area contributed by atoms with E-state index in [1.54, 1.807) is 54.6 Å². The summed E-state index contributed by atoms with van der Waals surface area (Å²) >= 11 is 0. The Morgan fingerprint density at radius 3 is 2.42 bits per heavy atom. The molecule has 0 atom stereocenters. The van der Waals surface area contributed by atoms with Gasteiger partial charge in [0.1, 0.15) is 17.8 Å². The van der Waals surface area contributed by atoms with Crippen LogP contribution in [0.15, 0.2) is 67.5 Å². The summed E-state index contributed by atoms with van der Waals surface area (Å²) in [4.78, 5) is 25.5. The van der Waals surface area contributed by atoms with Crippen molar-refractivity contribution in [2.45, 2.75) is 19.8 Å². The standard InChI is InChI=1S/C28H24FN5O4/c1-4-23-20(15-33-34(23)18-13-30-16-31-14-18)24(35)10-17-5-6-26(21(29)9-17)38-25-7-8-32-22-12-28(37-3)27(36-2)11-19(22)25/h5-9,11-16H,4,10H2,1-3H3. The van der Waals surface area contributed by atoms with Crippen LogP contribution in [-0.4, -0.2) is 44.7 Å². The number of rotatable bonds is 9. The van der Waals surface area contributed by atoms with Gasteiger partial charge in [0.05, 0.1) is 49.6 Å². The molecule has 0 amide bonds. The van der Waals surface area contributed by atoms with Gasteiger partial charge in [-0.05, 0) is 36.2 Å². The van der Waals surface area contributed by atoms with Gasteiger partial charge in [-0.2, -0.15) is 5.10 Å². The highest BCUT2D eigenvalue weighted by molar-refractivity contribution is 5.98. The van der Waals surface area contributed by atoms with Crippen LogP contribution in [0.1, 0.15) is 28.5 Å². The number of ether oxygens (including phenoxy) is 3. The number of halogens is 1. The molecule has 10 heteroatoms. The zero-order valence-electron chi connectivity index (χ0n) is 21.0. The number of carbonyl (C=O) groups excluding carboxylic acids is 1. The van der Waals surface area contributed by atoms with Crippen LogP contribution in [0.2, 0.25) is 0 Å². The number of hydrogen-bond acceptors (Lipinski definition) is 8. The summed E-state index contributed by atoms with van der Waals surface area (Å²) < 4.78 is 33.4. The Morgan fingerprint density at radius 1 is 0.947 bits per heavy atom. The van der Waals surface area contributed by atoms with Crippen molar-refractivity contribution in [3.8, 4) is 28.7 Å². The quantitative estimate of drug-likeness (QED) is 0.250. The van der Waals surface area contributed by atoms with E-state index in [0.717, 1.165) is 5.69 Å². The molecule has 0 fully saturated rings. The van der Waals surface area contributed by atoms with Gasteiger partial charge in [-0.15, -0.1) is 0 Å². The van der Waals surface area contributed by atoms with E-state index in [1.807, 2.05) is 6.92 Å². The maximum Gasteiger partial charge on any atom is 0.170 e. The summed E-state index contributed by atoms with van der Waals surface area (Å²) in [6.07, 6.45) is 8.36.